The number of benzene rings is 1. The summed E-state index contributed by atoms with van der Waals surface area (Å²) in [6.45, 7) is 8.02. The lowest BCUT2D eigenvalue weighted by molar-refractivity contribution is 0.200. The van der Waals surface area contributed by atoms with Crippen LogP contribution in [0.1, 0.15) is 23.8 Å². The van der Waals surface area contributed by atoms with E-state index in [9.17, 15) is 0 Å². The summed E-state index contributed by atoms with van der Waals surface area (Å²) in [5, 5.41) is 2.06. The average molecular weight is 443 g/mol. The van der Waals surface area contributed by atoms with Gasteiger partial charge in [0.05, 0.1) is 5.39 Å². The highest BCUT2D eigenvalue weighted by molar-refractivity contribution is 7.19. The third kappa shape index (κ3) is 4.13. The van der Waals surface area contributed by atoms with Gasteiger partial charge in [0.2, 0.25) is 0 Å². The monoisotopic (exact) mass is 442 g/mol. The lowest BCUT2D eigenvalue weighted by atomic mass is 9.89. The molecule has 0 N–H and O–H groups in total. The third-order valence-electron chi connectivity index (χ3n) is 6.23. The molecule has 1 fully saturated rings. The molecular formula is C23H27ClN4OS. The Labute approximate surface area is 186 Å². The molecule has 0 spiro atoms. The maximum absolute atomic E-state index is 5.93. The zero-order valence-corrected chi connectivity index (χ0v) is 18.9. The SMILES string of the molecule is C[C@H]1CCc2c(sc3ncnc(N4CCN(CCOc5ccc(Cl)cc5)CC4)c23)C1. The van der Waals surface area contributed by atoms with Crippen LogP contribution in [0.3, 0.4) is 0 Å². The first-order chi connectivity index (χ1) is 14.7. The minimum atomic E-state index is 0.690. The Morgan fingerprint density at radius 2 is 1.93 bits per heavy atom. The van der Waals surface area contributed by atoms with E-state index >= 15 is 0 Å². The van der Waals surface area contributed by atoms with Gasteiger partial charge >= 0.3 is 0 Å². The third-order valence-corrected chi connectivity index (χ3v) is 7.65. The summed E-state index contributed by atoms with van der Waals surface area (Å²) in [4.78, 5) is 16.9. The summed E-state index contributed by atoms with van der Waals surface area (Å²) in [6, 6.07) is 7.57. The zero-order valence-electron chi connectivity index (χ0n) is 17.3. The lowest BCUT2D eigenvalue weighted by Crippen LogP contribution is -2.47. The van der Waals surface area contributed by atoms with E-state index in [1.807, 2.05) is 35.6 Å². The van der Waals surface area contributed by atoms with E-state index in [1.54, 1.807) is 6.33 Å². The highest BCUT2D eigenvalue weighted by atomic mass is 35.5. The van der Waals surface area contributed by atoms with Crippen LogP contribution in [0.2, 0.25) is 5.02 Å². The van der Waals surface area contributed by atoms with Gasteiger partial charge in [0.15, 0.2) is 0 Å². The summed E-state index contributed by atoms with van der Waals surface area (Å²) in [7, 11) is 0. The number of hydrogen-bond donors (Lipinski definition) is 0. The van der Waals surface area contributed by atoms with Crippen LogP contribution in [-0.4, -0.2) is 54.2 Å². The van der Waals surface area contributed by atoms with Gasteiger partial charge in [0.25, 0.3) is 0 Å². The summed E-state index contributed by atoms with van der Waals surface area (Å²) in [6.07, 6.45) is 5.38. The minimum absolute atomic E-state index is 0.690. The van der Waals surface area contributed by atoms with Crippen LogP contribution in [0.25, 0.3) is 10.2 Å². The molecule has 5 rings (SSSR count). The molecule has 0 saturated carbocycles. The molecule has 1 saturated heterocycles. The van der Waals surface area contributed by atoms with Gasteiger partial charge < -0.3 is 9.64 Å². The Kier molecular flexibility index (Phi) is 5.81. The van der Waals surface area contributed by atoms with Crippen LogP contribution in [0.15, 0.2) is 30.6 Å². The largest absolute Gasteiger partial charge is 0.492 e. The van der Waals surface area contributed by atoms with E-state index in [2.05, 4.69) is 21.7 Å². The number of rotatable bonds is 5. The number of hydrogen-bond acceptors (Lipinski definition) is 6. The molecule has 30 heavy (non-hydrogen) atoms. The molecule has 0 amide bonds. The highest BCUT2D eigenvalue weighted by Crippen LogP contribution is 2.40. The number of thiophene rings is 1. The molecule has 0 bridgehead atoms. The molecule has 3 aromatic rings. The van der Waals surface area contributed by atoms with Gasteiger partial charge in [0.1, 0.15) is 29.3 Å². The van der Waals surface area contributed by atoms with E-state index in [4.69, 9.17) is 21.3 Å². The highest BCUT2D eigenvalue weighted by Gasteiger charge is 2.26. The maximum atomic E-state index is 5.93. The summed E-state index contributed by atoms with van der Waals surface area (Å²) in [5.41, 5.74) is 1.52. The Bertz CT molecular complexity index is 1010. The number of fused-ring (bicyclic) bond motifs is 3. The second-order valence-corrected chi connectivity index (χ2v) is 9.88. The zero-order chi connectivity index (χ0) is 20.5. The molecule has 1 aliphatic carbocycles. The van der Waals surface area contributed by atoms with Gasteiger partial charge in [-0.05, 0) is 55.0 Å². The van der Waals surface area contributed by atoms with Crippen LogP contribution in [-0.2, 0) is 12.8 Å². The molecule has 3 heterocycles. The van der Waals surface area contributed by atoms with Crippen molar-refractivity contribution < 1.29 is 4.74 Å². The predicted molar refractivity (Wildman–Crippen MR) is 124 cm³/mol. The van der Waals surface area contributed by atoms with Crippen molar-refractivity contribution in [2.75, 3.05) is 44.2 Å². The van der Waals surface area contributed by atoms with Gasteiger partial charge in [-0.15, -0.1) is 11.3 Å². The molecular weight excluding hydrogens is 416 g/mol. The Morgan fingerprint density at radius 1 is 1.13 bits per heavy atom. The summed E-state index contributed by atoms with van der Waals surface area (Å²) in [5.74, 6) is 2.79. The number of anilines is 1. The van der Waals surface area contributed by atoms with E-state index in [0.717, 1.165) is 60.1 Å². The van der Waals surface area contributed by atoms with E-state index in [0.29, 0.717) is 6.61 Å². The molecule has 7 heteroatoms. The molecule has 0 radical (unpaired) electrons. The van der Waals surface area contributed by atoms with Crippen LogP contribution in [0.5, 0.6) is 5.75 Å². The number of piperazine rings is 1. The molecule has 2 aromatic heterocycles. The van der Waals surface area contributed by atoms with Crippen LogP contribution < -0.4 is 9.64 Å². The van der Waals surface area contributed by atoms with Crippen molar-refractivity contribution in [3.8, 4) is 5.75 Å². The first kappa shape index (κ1) is 20.0. The molecule has 158 valence electrons. The predicted octanol–water partition coefficient (Wildman–Crippen LogP) is 4.67. The van der Waals surface area contributed by atoms with Gasteiger partial charge in [-0.25, -0.2) is 9.97 Å². The van der Waals surface area contributed by atoms with Crippen molar-refractivity contribution in [3.05, 3.63) is 46.1 Å². The second-order valence-electron chi connectivity index (χ2n) is 8.36. The van der Waals surface area contributed by atoms with Crippen molar-refractivity contribution in [3.63, 3.8) is 0 Å². The Morgan fingerprint density at radius 3 is 2.73 bits per heavy atom. The van der Waals surface area contributed by atoms with Crippen LogP contribution in [0, 0.1) is 5.92 Å². The van der Waals surface area contributed by atoms with E-state index < -0.39 is 0 Å². The van der Waals surface area contributed by atoms with Crippen molar-refractivity contribution in [2.24, 2.45) is 5.92 Å². The lowest BCUT2D eigenvalue weighted by Gasteiger charge is -2.35. The number of aryl methyl sites for hydroxylation is 1. The van der Waals surface area contributed by atoms with Crippen molar-refractivity contribution in [1.82, 2.24) is 14.9 Å². The molecule has 1 aromatic carbocycles. The smallest absolute Gasteiger partial charge is 0.141 e. The number of aromatic nitrogens is 2. The number of halogens is 1. The fraction of sp³-hybridized carbons (Fsp3) is 0.478. The van der Waals surface area contributed by atoms with Crippen molar-refractivity contribution in [2.45, 2.75) is 26.2 Å². The molecule has 1 aliphatic heterocycles. The van der Waals surface area contributed by atoms with E-state index in [-0.39, 0.29) is 0 Å². The van der Waals surface area contributed by atoms with Gasteiger partial charge in [-0.3, -0.25) is 4.90 Å². The Balaban J connectivity index is 1.21. The topological polar surface area (TPSA) is 41.5 Å². The number of nitrogens with zero attached hydrogens (tertiary/aromatic N) is 4. The first-order valence-corrected chi connectivity index (χ1v) is 12.0. The van der Waals surface area contributed by atoms with Gasteiger partial charge in [-0.2, -0.15) is 0 Å². The first-order valence-electron chi connectivity index (χ1n) is 10.8. The standard InChI is InChI=1S/C23H27ClN4OS/c1-16-2-7-19-20(14-16)30-23-21(19)22(25-15-26-23)28-10-8-27(9-11-28)12-13-29-18-5-3-17(24)4-6-18/h3-6,15-16H,2,7-14H2,1H3/t16-/m0/s1. The Hall–Kier alpha value is -1.89. The summed E-state index contributed by atoms with van der Waals surface area (Å²) >= 11 is 7.81. The molecule has 2 aliphatic rings. The second kappa shape index (κ2) is 8.69. The molecule has 5 nitrogen and oxygen atoms in total. The quantitative estimate of drug-likeness (QED) is 0.574. The maximum Gasteiger partial charge on any atom is 0.141 e. The fourth-order valence-corrected chi connectivity index (χ4v) is 5.98. The van der Waals surface area contributed by atoms with Crippen molar-refractivity contribution >= 4 is 39.0 Å². The van der Waals surface area contributed by atoms with Gasteiger partial charge in [-0.1, -0.05) is 18.5 Å². The average Bonchev–Trinajstić information content (AvgIpc) is 3.13. The number of ether oxygens (including phenoxy) is 1. The molecule has 0 unspecified atom stereocenters. The fourth-order valence-electron chi connectivity index (χ4n) is 4.50. The van der Waals surface area contributed by atoms with Crippen LogP contribution in [0.4, 0.5) is 5.82 Å². The van der Waals surface area contributed by atoms with Crippen LogP contribution >= 0.6 is 22.9 Å². The summed E-state index contributed by atoms with van der Waals surface area (Å²) < 4.78 is 5.86. The van der Waals surface area contributed by atoms with Crippen molar-refractivity contribution in [1.29, 1.82) is 0 Å². The minimum Gasteiger partial charge on any atom is -0.492 e. The van der Waals surface area contributed by atoms with E-state index in [1.165, 1.54) is 35.1 Å². The molecule has 1 atom stereocenters. The van der Waals surface area contributed by atoms with Gasteiger partial charge in [0, 0.05) is 42.6 Å². The normalized spacial score (nSPS) is 19.8.